The molecule has 0 fully saturated rings. The summed E-state index contributed by atoms with van der Waals surface area (Å²) in [6, 6.07) is 9.16. The molecule has 1 aromatic carbocycles. The van der Waals surface area contributed by atoms with Crippen molar-refractivity contribution in [3.63, 3.8) is 0 Å². The first kappa shape index (κ1) is 13.1. The molecule has 18 heavy (non-hydrogen) atoms. The van der Waals surface area contributed by atoms with Gasteiger partial charge in [-0.25, -0.2) is 4.98 Å². The fraction of sp³-hybridized carbons (Fsp3) is 0.231. The van der Waals surface area contributed by atoms with Crippen LogP contribution in [0.25, 0.3) is 0 Å². The Balaban J connectivity index is 2.20. The van der Waals surface area contributed by atoms with Crippen molar-refractivity contribution < 1.29 is 4.74 Å². The SMILES string of the molecule is CCOc1cc(Cl)nc(Cc2ccc(Cl)cc2)n1. The Morgan fingerprint density at radius 2 is 1.83 bits per heavy atom. The van der Waals surface area contributed by atoms with Crippen LogP contribution in [-0.2, 0) is 6.42 Å². The number of ether oxygens (including phenoxy) is 1. The number of halogens is 2. The highest BCUT2D eigenvalue weighted by atomic mass is 35.5. The summed E-state index contributed by atoms with van der Waals surface area (Å²) in [7, 11) is 0. The van der Waals surface area contributed by atoms with E-state index in [2.05, 4.69) is 9.97 Å². The van der Waals surface area contributed by atoms with Gasteiger partial charge >= 0.3 is 0 Å². The molecule has 0 bridgehead atoms. The van der Waals surface area contributed by atoms with E-state index in [1.165, 1.54) is 0 Å². The molecular formula is C13H12Cl2N2O. The van der Waals surface area contributed by atoms with Crippen LogP contribution in [0.15, 0.2) is 30.3 Å². The first-order valence-electron chi connectivity index (χ1n) is 5.58. The molecule has 1 heterocycles. The third-order valence-corrected chi connectivity index (χ3v) is 2.73. The molecular weight excluding hydrogens is 271 g/mol. The molecule has 0 aliphatic heterocycles. The van der Waals surface area contributed by atoms with Crippen molar-refractivity contribution in [2.75, 3.05) is 6.61 Å². The van der Waals surface area contributed by atoms with Crippen LogP contribution in [0.2, 0.25) is 10.2 Å². The van der Waals surface area contributed by atoms with Crippen LogP contribution in [0.5, 0.6) is 5.88 Å². The van der Waals surface area contributed by atoms with Gasteiger partial charge in [0.05, 0.1) is 6.61 Å². The summed E-state index contributed by atoms with van der Waals surface area (Å²) >= 11 is 11.8. The molecule has 0 radical (unpaired) electrons. The minimum absolute atomic E-state index is 0.386. The Morgan fingerprint density at radius 1 is 1.11 bits per heavy atom. The zero-order valence-corrected chi connectivity index (χ0v) is 11.4. The largest absolute Gasteiger partial charge is 0.478 e. The minimum atomic E-state index is 0.386. The molecule has 0 unspecified atom stereocenters. The van der Waals surface area contributed by atoms with E-state index in [1.807, 2.05) is 31.2 Å². The van der Waals surface area contributed by atoms with Crippen LogP contribution in [0, 0.1) is 0 Å². The normalized spacial score (nSPS) is 10.4. The number of benzene rings is 1. The summed E-state index contributed by atoms with van der Waals surface area (Å²) in [6.07, 6.45) is 0.595. The quantitative estimate of drug-likeness (QED) is 0.801. The second-order valence-corrected chi connectivity index (χ2v) is 4.51. The van der Waals surface area contributed by atoms with Crippen LogP contribution >= 0.6 is 23.2 Å². The molecule has 0 spiro atoms. The maximum absolute atomic E-state index is 5.92. The van der Waals surface area contributed by atoms with Gasteiger partial charge in [-0.2, -0.15) is 4.98 Å². The average Bonchev–Trinajstić information content (AvgIpc) is 2.32. The Hall–Kier alpha value is -1.32. The Labute approximate surface area is 116 Å². The van der Waals surface area contributed by atoms with Gasteiger partial charge in [0.25, 0.3) is 0 Å². The highest BCUT2D eigenvalue weighted by Gasteiger charge is 2.05. The second-order valence-electron chi connectivity index (χ2n) is 3.68. The van der Waals surface area contributed by atoms with Crippen molar-refractivity contribution in [2.24, 2.45) is 0 Å². The van der Waals surface area contributed by atoms with E-state index in [0.29, 0.717) is 34.9 Å². The van der Waals surface area contributed by atoms with Crippen molar-refractivity contribution in [1.29, 1.82) is 0 Å². The van der Waals surface area contributed by atoms with E-state index < -0.39 is 0 Å². The number of rotatable bonds is 4. The van der Waals surface area contributed by atoms with Gasteiger partial charge < -0.3 is 4.74 Å². The Kier molecular flexibility index (Phi) is 4.39. The van der Waals surface area contributed by atoms with Gasteiger partial charge in [0.15, 0.2) is 0 Å². The summed E-state index contributed by atoms with van der Waals surface area (Å²) in [4.78, 5) is 8.47. The van der Waals surface area contributed by atoms with Gasteiger partial charge in [-0.3, -0.25) is 0 Å². The standard InChI is InChI=1S/C13H12Cl2N2O/c1-2-18-13-8-11(15)16-12(17-13)7-9-3-5-10(14)6-4-9/h3-6,8H,2,7H2,1H3. The maximum atomic E-state index is 5.92. The fourth-order valence-electron chi connectivity index (χ4n) is 1.53. The predicted molar refractivity (Wildman–Crippen MR) is 72.5 cm³/mol. The molecule has 94 valence electrons. The van der Waals surface area contributed by atoms with E-state index >= 15 is 0 Å². The monoisotopic (exact) mass is 282 g/mol. The molecule has 2 rings (SSSR count). The molecule has 2 aromatic rings. The number of nitrogens with zero attached hydrogens (tertiary/aromatic N) is 2. The van der Waals surface area contributed by atoms with Gasteiger partial charge in [-0.1, -0.05) is 35.3 Å². The summed E-state index contributed by atoms with van der Waals surface area (Å²) in [5, 5.41) is 1.10. The number of hydrogen-bond donors (Lipinski definition) is 0. The fourth-order valence-corrected chi connectivity index (χ4v) is 1.84. The van der Waals surface area contributed by atoms with Crippen molar-refractivity contribution in [3.8, 4) is 5.88 Å². The Morgan fingerprint density at radius 3 is 2.50 bits per heavy atom. The van der Waals surface area contributed by atoms with Crippen LogP contribution in [0.1, 0.15) is 18.3 Å². The van der Waals surface area contributed by atoms with Crippen LogP contribution in [-0.4, -0.2) is 16.6 Å². The molecule has 0 aliphatic rings. The lowest BCUT2D eigenvalue weighted by molar-refractivity contribution is 0.325. The first-order valence-corrected chi connectivity index (χ1v) is 6.33. The predicted octanol–water partition coefficient (Wildman–Crippen LogP) is 3.77. The summed E-state index contributed by atoms with van der Waals surface area (Å²) in [5.74, 6) is 1.13. The van der Waals surface area contributed by atoms with Crippen molar-refractivity contribution >= 4 is 23.2 Å². The lowest BCUT2D eigenvalue weighted by Gasteiger charge is -2.05. The van der Waals surface area contributed by atoms with E-state index in [-0.39, 0.29) is 0 Å². The Bertz CT molecular complexity index is 529. The third kappa shape index (κ3) is 3.59. The van der Waals surface area contributed by atoms with E-state index in [9.17, 15) is 0 Å². The second kappa shape index (κ2) is 6.03. The van der Waals surface area contributed by atoms with E-state index in [1.54, 1.807) is 6.07 Å². The first-order chi connectivity index (χ1) is 8.67. The zero-order chi connectivity index (χ0) is 13.0. The number of aromatic nitrogens is 2. The maximum Gasteiger partial charge on any atom is 0.218 e. The third-order valence-electron chi connectivity index (χ3n) is 2.29. The van der Waals surface area contributed by atoms with Crippen LogP contribution < -0.4 is 4.74 Å². The molecule has 0 atom stereocenters. The zero-order valence-electron chi connectivity index (χ0n) is 9.86. The van der Waals surface area contributed by atoms with Crippen LogP contribution in [0.3, 0.4) is 0 Å². The average molecular weight is 283 g/mol. The highest BCUT2D eigenvalue weighted by Crippen LogP contribution is 2.17. The van der Waals surface area contributed by atoms with Gasteiger partial charge in [0.1, 0.15) is 11.0 Å². The lowest BCUT2D eigenvalue weighted by atomic mass is 10.1. The van der Waals surface area contributed by atoms with E-state index in [4.69, 9.17) is 27.9 Å². The smallest absolute Gasteiger partial charge is 0.218 e. The summed E-state index contributed by atoms with van der Waals surface area (Å²) < 4.78 is 5.33. The molecule has 5 heteroatoms. The molecule has 0 amide bonds. The molecule has 0 N–H and O–H groups in total. The minimum Gasteiger partial charge on any atom is -0.478 e. The summed E-state index contributed by atoms with van der Waals surface area (Å²) in [5.41, 5.74) is 1.07. The van der Waals surface area contributed by atoms with E-state index in [0.717, 1.165) is 5.56 Å². The van der Waals surface area contributed by atoms with Crippen molar-refractivity contribution in [1.82, 2.24) is 9.97 Å². The molecule has 3 nitrogen and oxygen atoms in total. The van der Waals surface area contributed by atoms with Gasteiger partial charge in [0.2, 0.25) is 5.88 Å². The van der Waals surface area contributed by atoms with Gasteiger partial charge in [0, 0.05) is 17.5 Å². The molecule has 1 aromatic heterocycles. The summed E-state index contributed by atoms with van der Waals surface area (Å²) in [6.45, 7) is 2.45. The highest BCUT2D eigenvalue weighted by molar-refractivity contribution is 6.30. The molecule has 0 saturated heterocycles. The number of hydrogen-bond acceptors (Lipinski definition) is 3. The lowest BCUT2D eigenvalue weighted by Crippen LogP contribution is -2.01. The molecule has 0 aliphatic carbocycles. The van der Waals surface area contributed by atoms with Crippen LogP contribution in [0.4, 0.5) is 0 Å². The van der Waals surface area contributed by atoms with Gasteiger partial charge in [-0.05, 0) is 24.6 Å². The van der Waals surface area contributed by atoms with Crippen molar-refractivity contribution in [2.45, 2.75) is 13.3 Å². The van der Waals surface area contributed by atoms with Gasteiger partial charge in [-0.15, -0.1) is 0 Å². The topological polar surface area (TPSA) is 35.0 Å². The van der Waals surface area contributed by atoms with Crippen molar-refractivity contribution in [3.05, 3.63) is 51.9 Å². The molecule has 0 saturated carbocycles.